The molecule has 0 N–H and O–H groups in total. The molecule has 1 aliphatic heterocycles. The SMILES string of the molecule is [BH2-]1C[P+](c2ccccc2)(c2ccccc2)[BH2-]C[P+]1(c1ccccc1)c1ccccc1. The van der Waals surface area contributed by atoms with Crippen molar-refractivity contribution in [3.05, 3.63) is 121 Å². The standard InChI is InChI=1S/C26H28B2P2/c1-5-13-23(14-6-1)29(24-15-7-2-8-16-24)21-28-30(22-27-29,25-17-9-3-10-18-25)26-19-11-4-12-20-26/h1-20H,21-22,27-28H2. The van der Waals surface area contributed by atoms with E-state index in [1.54, 1.807) is 21.2 Å². The smallest absolute Gasteiger partial charge is 0.118 e. The van der Waals surface area contributed by atoms with Gasteiger partial charge in [-0.3, -0.25) is 0 Å². The topological polar surface area (TPSA) is 0 Å². The lowest BCUT2D eigenvalue weighted by Crippen LogP contribution is -2.43. The summed E-state index contributed by atoms with van der Waals surface area (Å²) >= 11 is 0. The fraction of sp³-hybridized carbons (Fsp3) is 0.0769. The monoisotopic (exact) mass is 424 g/mol. The highest BCUT2D eigenvalue weighted by Gasteiger charge is 2.46. The van der Waals surface area contributed by atoms with Crippen LogP contribution in [0.25, 0.3) is 0 Å². The Kier molecular flexibility index (Phi) is 5.64. The van der Waals surface area contributed by atoms with Gasteiger partial charge in [-0.05, 0) is 48.5 Å². The number of hydrogen-bond acceptors (Lipinski definition) is 0. The molecule has 148 valence electrons. The van der Waals surface area contributed by atoms with E-state index in [-0.39, 0.29) is 14.0 Å². The van der Waals surface area contributed by atoms with Crippen molar-refractivity contribution in [2.75, 3.05) is 12.1 Å². The van der Waals surface area contributed by atoms with Gasteiger partial charge in [0, 0.05) is 0 Å². The summed E-state index contributed by atoms with van der Waals surface area (Å²) < 4.78 is 0. The second kappa shape index (κ2) is 8.55. The summed E-state index contributed by atoms with van der Waals surface area (Å²) in [7, 11) is -2.41. The number of benzene rings is 4. The molecule has 1 heterocycles. The molecule has 0 bridgehead atoms. The van der Waals surface area contributed by atoms with E-state index >= 15 is 0 Å². The Balaban J connectivity index is 1.61. The van der Waals surface area contributed by atoms with E-state index in [0.717, 1.165) is 0 Å². The molecule has 0 atom stereocenters. The summed E-state index contributed by atoms with van der Waals surface area (Å²) in [5.41, 5.74) is 0. The lowest BCUT2D eigenvalue weighted by molar-refractivity contribution is 1.72. The second-order valence-corrected chi connectivity index (χ2v) is 18.4. The maximum atomic E-state index is 2.44. The molecule has 0 unspecified atom stereocenters. The van der Waals surface area contributed by atoms with Gasteiger partial charge < -0.3 is 0 Å². The van der Waals surface area contributed by atoms with Gasteiger partial charge in [-0.1, -0.05) is 84.9 Å². The normalized spacial score (nSPS) is 17.3. The predicted molar refractivity (Wildman–Crippen MR) is 145 cm³/mol. The van der Waals surface area contributed by atoms with Gasteiger partial charge >= 0.3 is 0 Å². The van der Waals surface area contributed by atoms with Crippen LogP contribution in [0.1, 0.15) is 0 Å². The summed E-state index contributed by atoms with van der Waals surface area (Å²) in [5, 5.41) is 6.66. The molecule has 1 fully saturated rings. The van der Waals surface area contributed by atoms with Crippen LogP contribution >= 0.6 is 14.3 Å². The first-order chi connectivity index (χ1) is 14.8. The van der Waals surface area contributed by atoms with E-state index in [4.69, 9.17) is 0 Å². The Morgan fingerprint density at radius 2 is 0.600 bits per heavy atom. The van der Waals surface area contributed by atoms with E-state index < -0.39 is 14.3 Å². The first kappa shape index (κ1) is 19.8. The molecule has 1 saturated heterocycles. The molecule has 0 nitrogen and oxygen atoms in total. The maximum absolute atomic E-state index is 2.44. The molecule has 0 spiro atoms. The first-order valence-electron chi connectivity index (χ1n) is 11.5. The third-order valence-corrected chi connectivity index (χ3v) is 20.6. The van der Waals surface area contributed by atoms with Crippen molar-refractivity contribution in [3.8, 4) is 0 Å². The van der Waals surface area contributed by atoms with Gasteiger partial charge in [0.05, 0.1) is 21.2 Å². The molecule has 0 amide bonds. The lowest BCUT2D eigenvalue weighted by Gasteiger charge is -2.48. The molecule has 5 rings (SSSR count). The Morgan fingerprint density at radius 3 is 0.800 bits per heavy atom. The van der Waals surface area contributed by atoms with E-state index in [9.17, 15) is 0 Å². The molecule has 1 aliphatic rings. The molecule has 0 aromatic heterocycles. The zero-order valence-corrected chi connectivity index (χ0v) is 19.6. The van der Waals surface area contributed by atoms with Crippen LogP contribution in [-0.2, 0) is 0 Å². The van der Waals surface area contributed by atoms with Crippen LogP contribution in [0.3, 0.4) is 0 Å². The van der Waals surface area contributed by atoms with Gasteiger partial charge in [-0.2, -0.15) is 0 Å². The summed E-state index contributed by atoms with van der Waals surface area (Å²) in [4.78, 5) is 0. The number of hydrogen-bond donors (Lipinski definition) is 0. The van der Waals surface area contributed by atoms with Crippen molar-refractivity contribution in [2.45, 2.75) is 0 Å². The largest absolute Gasteiger partial charge is 0.179 e. The molecule has 0 saturated carbocycles. The average molecular weight is 424 g/mol. The van der Waals surface area contributed by atoms with Crippen molar-refractivity contribution in [1.82, 2.24) is 0 Å². The first-order valence-corrected chi connectivity index (χ1v) is 16.3. The molecule has 0 aliphatic carbocycles. The molecule has 4 aromatic carbocycles. The van der Waals surface area contributed by atoms with Crippen LogP contribution in [0.5, 0.6) is 0 Å². The summed E-state index contributed by atoms with van der Waals surface area (Å²) in [6.07, 6.45) is 0. The van der Waals surface area contributed by atoms with Crippen LogP contribution in [0, 0.1) is 0 Å². The minimum absolute atomic E-state index is 0.119. The van der Waals surface area contributed by atoms with Crippen molar-refractivity contribution < 1.29 is 0 Å². The van der Waals surface area contributed by atoms with Crippen molar-refractivity contribution in [3.63, 3.8) is 0 Å². The van der Waals surface area contributed by atoms with Crippen LogP contribution in [0.4, 0.5) is 0 Å². The van der Waals surface area contributed by atoms with Gasteiger partial charge in [-0.15, -0.1) is 14.3 Å². The molecule has 4 heteroatoms. The van der Waals surface area contributed by atoms with E-state index in [2.05, 4.69) is 121 Å². The fourth-order valence-corrected chi connectivity index (χ4v) is 22.4. The minimum atomic E-state index is -1.21. The van der Waals surface area contributed by atoms with Crippen LogP contribution < -0.4 is 21.2 Å². The number of rotatable bonds is 4. The Bertz CT molecular complexity index is 905. The minimum Gasteiger partial charge on any atom is -0.118 e. The highest BCUT2D eigenvalue weighted by molar-refractivity contribution is 8.23. The highest BCUT2D eigenvalue weighted by atomic mass is 31.2. The van der Waals surface area contributed by atoms with Gasteiger partial charge in [0.25, 0.3) is 0 Å². The lowest BCUT2D eigenvalue weighted by atomic mass is 10.1. The average Bonchev–Trinajstić information content (AvgIpc) is 2.86. The van der Waals surface area contributed by atoms with E-state index in [1.807, 2.05) is 0 Å². The Hall–Kier alpha value is -2.13. The zero-order chi connectivity index (χ0) is 20.3. The van der Waals surface area contributed by atoms with E-state index in [1.165, 1.54) is 12.1 Å². The second-order valence-electron chi connectivity index (χ2n) is 8.99. The highest BCUT2D eigenvalue weighted by Crippen LogP contribution is 2.67. The van der Waals surface area contributed by atoms with Crippen molar-refractivity contribution in [2.24, 2.45) is 0 Å². The fourth-order valence-electron chi connectivity index (χ4n) is 6.28. The third-order valence-electron chi connectivity index (χ3n) is 7.93. The molecular weight excluding hydrogens is 396 g/mol. The molecule has 30 heavy (non-hydrogen) atoms. The van der Waals surface area contributed by atoms with Gasteiger partial charge in [-0.25, -0.2) is 0 Å². The summed E-state index contributed by atoms with van der Waals surface area (Å²) in [6.45, 7) is -0.239. The van der Waals surface area contributed by atoms with Gasteiger partial charge in [0.2, 0.25) is 0 Å². The van der Waals surface area contributed by atoms with Gasteiger partial charge in [0.1, 0.15) is 0 Å². The van der Waals surface area contributed by atoms with Crippen LogP contribution in [0.15, 0.2) is 121 Å². The molecule has 0 radical (unpaired) electrons. The van der Waals surface area contributed by atoms with Crippen LogP contribution in [0.2, 0.25) is 0 Å². The Morgan fingerprint density at radius 1 is 0.367 bits per heavy atom. The summed E-state index contributed by atoms with van der Waals surface area (Å²) in [5.74, 6) is 0. The quantitative estimate of drug-likeness (QED) is 0.348. The van der Waals surface area contributed by atoms with Crippen LogP contribution in [-0.4, -0.2) is 26.1 Å². The maximum Gasteiger partial charge on any atom is 0.179 e. The van der Waals surface area contributed by atoms with E-state index in [0.29, 0.717) is 0 Å². The Labute approximate surface area is 182 Å². The third kappa shape index (κ3) is 3.47. The molecular formula is C26H28B2P2. The molecule has 4 aromatic rings. The predicted octanol–water partition coefficient (Wildman–Crippen LogP) is 3.42. The van der Waals surface area contributed by atoms with Crippen molar-refractivity contribution in [1.29, 1.82) is 0 Å². The van der Waals surface area contributed by atoms with Gasteiger partial charge in [0.15, 0.2) is 14.0 Å². The summed E-state index contributed by atoms with van der Waals surface area (Å²) in [6, 6.07) is 49.3. The zero-order valence-electron chi connectivity index (χ0n) is 17.9. The van der Waals surface area contributed by atoms with Crippen molar-refractivity contribution >= 4 is 49.5 Å².